The molecule has 1 aromatic carbocycles. The predicted octanol–water partition coefficient (Wildman–Crippen LogP) is 3.81. The fraction of sp³-hybridized carbons (Fsp3) is 0.400. The summed E-state index contributed by atoms with van der Waals surface area (Å²) in [7, 11) is 0. The minimum atomic E-state index is -4.71. The van der Waals surface area contributed by atoms with Crippen molar-refractivity contribution >= 4 is 17.6 Å². The number of hydrogen-bond donors (Lipinski definition) is 2. The lowest BCUT2D eigenvalue weighted by Crippen LogP contribution is -2.48. The van der Waals surface area contributed by atoms with Gasteiger partial charge in [-0.3, -0.25) is 4.79 Å². The van der Waals surface area contributed by atoms with Gasteiger partial charge in [0.2, 0.25) is 5.82 Å². The van der Waals surface area contributed by atoms with Crippen molar-refractivity contribution in [1.29, 1.82) is 0 Å². The van der Waals surface area contributed by atoms with Gasteiger partial charge in [-0.1, -0.05) is 0 Å². The maximum atomic E-state index is 14.8. The van der Waals surface area contributed by atoms with Gasteiger partial charge in [0.1, 0.15) is 24.1 Å². The summed E-state index contributed by atoms with van der Waals surface area (Å²) in [5, 5.41) is 2.26. The molecule has 7 nitrogen and oxygen atoms in total. The van der Waals surface area contributed by atoms with Crippen molar-refractivity contribution < 1.29 is 40.3 Å². The van der Waals surface area contributed by atoms with Gasteiger partial charge in [-0.2, -0.15) is 13.2 Å². The first-order chi connectivity index (χ1) is 15.8. The third-order valence-corrected chi connectivity index (χ3v) is 5.74. The van der Waals surface area contributed by atoms with Crippen molar-refractivity contribution in [3.8, 4) is 0 Å². The van der Waals surface area contributed by atoms with Crippen molar-refractivity contribution in [3.63, 3.8) is 0 Å². The van der Waals surface area contributed by atoms with E-state index in [-0.39, 0.29) is 5.69 Å². The Morgan fingerprint density at radius 1 is 1.21 bits per heavy atom. The number of nitrogens with zero attached hydrogens (tertiary/aromatic N) is 3. The standard InChI is InChI=1S/C20H16F7N5O2/c21-8-19(12-4-18(23,24)5-14(12)34-17(28)32-19)11-3-10(1-2-13(11)22)31-16(33)15-29-6-9(7-30-15)20(25,26)27/h1-3,6-7,12,14H,4-5,8H2,(H2,28,32)(H,31,33)/t12?,14-,19?/m0/s1. The number of nitrogens with two attached hydrogens (primary N) is 1. The van der Waals surface area contributed by atoms with E-state index in [9.17, 15) is 35.5 Å². The molecule has 1 amide bonds. The summed E-state index contributed by atoms with van der Waals surface area (Å²) in [4.78, 5) is 22.9. The molecule has 3 N–H and O–H groups in total. The molecule has 3 atom stereocenters. The lowest BCUT2D eigenvalue weighted by molar-refractivity contribution is -0.138. The van der Waals surface area contributed by atoms with Crippen LogP contribution in [-0.4, -0.2) is 40.6 Å². The molecule has 0 saturated heterocycles. The smallest absolute Gasteiger partial charge is 0.419 e. The Hall–Kier alpha value is -3.45. The van der Waals surface area contributed by atoms with Crippen LogP contribution in [0.4, 0.5) is 36.4 Å². The van der Waals surface area contributed by atoms with Gasteiger partial charge < -0.3 is 15.8 Å². The van der Waals surface area contributed by atoms with Crippen LogP contribution in [0.2, 0.25) is 0 Å². The number of ether oxygens (including phenoxy) is 1. The molecule has 2 aromatic rings. The van der Waals surface area contributed by atoms with Crippen LogP contribution in [0.3, 0.4) is 0 Å². The van der Waals surface area contributed by atoms with Gasteiger partial charge in [-0.05, 0) is 18.2 Å². The minimum Gasteiger partial charge on any atom is -0.461 e. The number of carbonyl (C=O) groups excluding carboxylic acids is 1. The molecule has 2 aliphatic rings. The first kappa shape index (κ1) is 23.7. The first-order valence-electron chi connectivity index (χ1n) is 9.81. The molecular formula is C20H16F7N5O2. The maximum absolute atomic E-state index is 14.8. The molecule has 1 aromatic heterocycles. The van der Waals surface area contributed by atoms with E-state index in [1.54, 1.807) is 0 Å². The highest BCUT2D eigenvalue weighted by Gasteiger charge is 2.60. The number of aliphatic imine (C=N–C) groups is 1. The van der Waals surface area contributed by atoms with E-state index in [0.717, 1.165) is 18.2 Å². The third-order valence-electron chi connectivity index (χ3n) is 5.74. The van der Waals surface area contributed by atoms with Crippen molar-refractivity contribution in [2.45, 2.75) is 36.6 Å². The van der Waals surface area contributed by atoms with Gasteiger partial charge in [0.15, 0.2) is 0 Å². The van der Waals surface area contributed by atoms with Gasteiger partial charge in [0.25, 0.3) is 17.9 Å². The second-order valence-corrected chi connectivity index (χ2v) is 7.98. The lowest BCUT2D eigenvalue weighted by atomic mass is 9.76. The molecule has 0 spiro atoms. The van der Waals surface area contributed by atoms with Gasteiger partial charge in [-0.15, -0.1) is 0 Å². The van der Waals surface area contributed by atoms with E-state index in [2.05, 4.69) is 20.3 Å². The van der Waals surface area contributed by atoms with E-state index >= 15 is 0 Å². The zero-order chi connectivity index (χ0) is 24.9. The summed E-state index contributed by atoms with van der Waals surface area (Å²) in [5.74, 6) is -7.12. The van der Waals surface area contributed by atoms with Crippen LogP contribution in [0.5, 0.6) is 0 Å². The zero-order valence-electron chi connectivity index (χ0n) is 17.0. The first-order valence-corrected chi connectivity index (χ1v) is 9.81. The summed E-state index contributed by atoms with van der Waals surface area (Å²) in [6.45, 7) is -1.38. The number of halogens is 7. The van der Waals surface area contributed by atoms with Gasteiger partial charge in [0.05, 0.1) is 5.56 Å². The van der Waals surface area contributed by atoms with Crippen LogP contribution in [0.1, 0.15) is 34.6 Å². The highest BCUT2D eigenvalue weighted by atomic mass is 19.4. The number of hydrogen-bond acceptors (Lipinski definition) is 6. The number of nitrogens with one attached hydrogen (secondary N) is 1. The van der Waals surface area contributed by atoms with E-state index in [1.165, 1.54) is 0 Å². The van der Waals surface area contributed by atoms with Crippen LogP contribution in [0, 0.1) is 11.7 Å². The van der Waals surface area contributed by atoms with E-state index < -0.39 is 83.9 Å². The third kappa shape index (κ3) is 4.23. The van der Waals surface area contributed by atoms with Crippen LogP contribution >= 0.6 is 0 Å². The van der Waals surface area contributed by atoms with Crippen molar-refractivity contribution in [2.75, 3.05) is 12.0 Å². The molecule has 1 saturated carbocycles. The molecular weight excluding hydrogens is 475 g/mol. The normalized spacial score (nSPS) is 25.8. The molecule has 1 aliphatic carbocycles. The summed E-state index contributed by atoms with van der Waals surface area (Å²) in [6, 6.07) is 2.36. The van der Waals surface area contributed by atoms with Gasteiger partial charge in [-0.25, -0.2) is 32.5 Å². The van der Waals surface area contributed by atoms with Gasteiger partial charge in [0, 0.05) is 42.4 Å². The molecule has 0 bridgehead atoms. The molecule has 4 rings (SSSR count). The number of aromatic nitrogens is 2. The monoisotopic (exact) mass is 491 g/mol. The molecule has 2 heterocycles. The number of alkyl halides is 6. The van der Waals surface area contributed by atoms with Crippen LogP contribution < -0.4 is 11.1 Å². The molecule has 2 unspecified atom stereocenters. The van der Waals surface area contributed by atoms with Crippen molar-refractivity contribution in [2.24, 2.45) is 16.6 Å². The second kappa shape index (κ2) is 8.09. The maximum Gasteiger partial charge on any atom is 0.419 e. The van der Waals surface area contributed by atoms with Crippen molar-refractivity contribution in [3.05, 3.63) is 53.4 Å². The van der Waals surface area contributed by atoms with Crippen LogP contribution in [0.25, 0.3) is 0 Å². The van der Waals surface area contributed by atoms with Crippen molar-refractivity contribution in [1.82, 2.24) is 9.97 Å². The second-order valence-electron chi connectivity index (χ2n) is 7.98. The average Bonchev–Trinajstić information content (AvgIpc) is 3.08. The summed E-state index contributed by atoms with van der Waals surface area (Å²) in [6.07, 6.45) is -6.66. The number of amidine groups is 1. The van der Waals surface area contributed by atoms with E-state index in [1.807, 2.05) is 0 Å². The Morgan fingerprint density at radius 3 is 2.50 bits per heavy atom. The molecule has 1 aliphatic heterocycles. The fourth-order valence-corrected chi connectivity index (χ4v) is 4.21. The number of anilines is 1. The minimum absolute atomic E-state index is 0.126. The summed E-state index contributed by atoms with van der Waals surface area (Å²) in [5.41, 5.74) is 1.71. The topological polar surface area (TPSA) is 102 Å². The largest absolute Gasteiger partial charge is 0.461 e. The van der Waals surface area contributed by atoms with Gasteiger partial charge >= 0.3 is 6.18 Å². The number of fused-ring (bicyclic) bond motifs is 1. The molecule has 182 valence electrons. The molecule has 34 heavy (non-hydrogen) atoms. The van der Waals surface area contributed by atoms with E-state index in [0.29, 0.717) is 12.4 Å². The summed E-state index contributed by atoms with van der Waals surface area (Å²) >= 11 is 0. The number of benzene rings is 1. The Balaban J connectivity index is 1.66. The number of rotatable bonds is 4. The zero-order valence-corrected chi connectivity index (χ0v) is 17.0. The molecule has 1 fully saturated rings. The Morgan fingerprint density at radius 2 is 1.88 bits per heavy atom. The highest BCUT2D eigenvalue weighted by molar-refractivity contribution is 6.01. The fourth-order valence-electron chi connectivity index (χ4n) is 4.21. The quantitative estimate of drug-likeness (QED) is 0.634. The highest BCUT2D eigenvalue weighted by Crippen LogP contribution is 2.53. The Bertz CT molecular complexity index is 1140. The Kier molecular flexibility index (Phi) is 5.64. The number of amides is 1. The summed E-state index contributed by atoms with van der Waals surface area (Å²) < 4.78 is 100. The van der Waals surface area contributed by atoms with Crippen LogP contribution in [-0.2, 0) is 16.5 Å². The Labute approximate surface area is 187 Å². The predicted molar refractivity (Wildman–Crippen MR) is 103 cm³/mol. The van der Waals surface area contributed by atoms with E-state index in [4.69, 9.17) is 10.5 Å². The SMILES string of the molecule is NC1=NC(CF)(c2cc(NC(=O)c3ncc(C(F)(F)F)cn3)ccc2F)C2CC(F)(F)C[C@@H]2O1. The molecule has 14 heteroatoms. The average molecular weight is 491 g/mol. The van der Waals surface area contributed by atoms with Crippen LogP contribution in [0.15, 0.2) is 35.6 Å². The lowest BCUT2D eigenvalue weighted by Gasteiger charge is -2.40. The number of carbonyl (C=O) groups is 1. The molecule has 0 radical (unpaired) electrons.